The Bertz CT molecular complexity index is 991. The van der Waals surface area contributed by atoms with Crippen LogP contribution in [0.4, 0.5) is 5.69 Å². The molecule has 2 aliphatic heterocycles. The predicted molar refractivity (Wildman–Crippen MR) is 120 cm³/mol. The molecule has 1 fully saturated rings. The van der Waals surface area contributed by atoms with Gasteiger partial charge < -0.3 is 9.64 Å². The van der Waals surface area contributed by atoms with Gasteiger partial charge in [0.05, 0.1) is 12.6 Å². The van der Waals surface area contributed by atoms with E-state index in [0.29, 0.717) is 11.3 Å². The number of nitrogens with zero attached hydrogens (tertiary/aromatic N) is 2. The Morgan fingerprint density at radius 1 is 1.31 bits per heavy atom. The Balaban J connectivity index is 2.13. The molecule has 0 radical (unpaired) electrons. The minimum absolute atomic E-state index is 0.00447. The van der Waals surface area contributed by atoms with Gasteiger partial charge in [0, 0.05) is 36.5 Å². The van der Waals surface area contributed by atoms with Crippen LogP contribution in [-0.4, -0.2) is 48.1 Å². The molecule has 1 aromatic carbocycles. The molecule has 0 atom stereocenters. The highest BCUT2D eigenvalue weighted by Crippen LogP contribution is 2.41. The van der Waals surface area contributed by atoms with Gasteiger partial charge in [-0.25, -0.2) is 0 Å². The summed E-state index contributed by atoms with van der Waals surface area (Å²) in [5.74, 6) is -0.396. The van der Waals surface area contributed by atoms with Crippen LogP contribution in [0.5, 0.6) is 5.75 Å². The average molecular weight is 412 g/mol. The summed E-state index contributed by atoms with van der Waals surface area (Å²) in [5, 5.41) is 2.64. The van der Waals surface area contributed by atoms with E-state index in [2.05, 4.69) is 43.6 Å². The maximum atomic E-state index is 12.8. The van der Waals surface area contributed by atoms with Crippen molar-refractivity contribution in [2.75, 3.05) is 25.6 Å². The lowest BCUT2D eigenvalue weighted by Gasteiger charge is -2.41. The standard InChI is InChI=1S/C22H25N3O3S/c1-7-8-25-20(27)16(19(26)23-21(25)29)10-14-9-15-13(2)12-22(3,4)24(5)17(15)11-18(14)28-6/h7,9-12H,1,8H2,2-6H3,(H,23,26,29)/b16-10+. The highest BCUT2D eigenvalue weighted by atomic mass is 32.1. The molecule has 0 bridgehead atoms. The number of thiocarbonyl (C=S) groups is 1. The predicted octanol–water partition coefficient (Wildman–Crippen LogP) is 3.14. The first kappa shape index (κ1) is 20.8. The third-order valence-electron chi connectivity index (χ3n) is 5.37. The molecule has 0 aliphatic carbocycles. The molecular weight excluding hydrogens is 386 g/mol. The molecule has 0 spiro atoms. The molecular formula is C22H25N3O3S. The van der Waals surface area contributed by atoms with E-state index in [1.54, 1.807) is 19.3 Å². The van der Waals surface area contributed by atoms with Crippen LogP contribution in [0.25, 0.3) is 11.6 Å². The third kappa shape index (κ3) is 3.58. The fourth-order valence-electron chi connectivity index (χ4n) is 3.63. The number of methoxy groups -OCH3 is 1. The number of hydrogen-bond acceptors (Lipinski definition) is 5. The summed E-state index contributed by atoms with van der Waals surface area (Å²) < 4.78 is 5.58. The van der Waals surface area contributed by atoms with Gasteiger partial charge in [0.15, 0.2) is 5.11 Å². The number of hydrogen-bond donors (Lipinski definition) is 1. The molecule has 0 unspecified atom stereocenters. The van der Waals surface area contributed by atoms with Gasteiger partial charge in [-0.05, 0) is 50.7 Å². The van der Waals surface area contributed by atoms with Crippen LogP contribution in [0.1, 0.15) is 31.9 Å². The summed E-state index contributed by atoms with van der Waals surface area (Å²) in [5.41, 5.74) is 3.70. The van der Waals surface area contributed by atoms with Crippen LogP contribution in [0, 0.1) is 0 Å². The van der Waals surface area contributed by atoms with Crippen molar-refractivity contribution in [3.05, 3.63) is 47.6 Å². The zero-order valence-corrected chi connectivity index (χ0v) is 18.1. The van der Waals surface area contributed by atoms with Gasteiger partial charge in [-0.2, -0.15) is 0 Å². The molecule has 7 heteroatoms. The van der Waals surface area contributed by atoms with Crippen molar-refractivity contribution >= 4 is 46.5 Å². The highest BCUT2D eigenvalue weighted by molar-refractivity contribution is 7.80. The van der Waals surface area contributed by atoms with E-state index in [0.717, 1.165) is 16.8 Å². The second kappa shape index (κ2) is 7.48. The number of nitrogens with one attached hydrogen (secondary N) is 1. The monoisotopic (exact) mass is 411 g/mol. The molecule has 29 heavy (non-hydrogen) atoms. The van der Waals surface area contributed by atoms with Gasteiger partial charge >= 0.3 is 0 Å². The third-order valence-corrected chi connectivity index (χ3v) is 5.69. The van der Waals surface area contributed by atoms with Crippen LogP contribution in [-0.2, 0) is 9.59 Å². The van der Waals surface area contributed by atoms with Gasteiger partial charge in [-0.3, -0.25) is 19.8 Å². The van der Waals surface area contributed by atoms with E-state index in [-0.39, 0.29) is 22.8 Å². The summed E-state index contributed by atoms with van der Waals surface area (Å²) in [6, 6.07) is 3.89. The molecule has 152 valence electrons. The van der Waals surface area contributed by atoms with E-state index in [1.807, 2.05) is 19.2 Å². The van der Waals surface area contributed by atoms with Crippen LogP contribution in [0.3, 0.4) is 0 Å². The van der Waals surface area contributed by atoms with Crippen molar-refractivity contribution < 1.29 is 14.3 Å². The minimum Gasteiger partial charge on any atom is -0.496 e. The Morgan fingerprint density at radius 2 is 2.00 bits per heavy atom. The van der Waals surface area contributed by atoms with E-state index in [4.69, 9.17) is 17.0 Å². The van der Waals surface area contributed by atoms with Gasteiger partial charge in [0.25, 0.3) is 11.8 Å². The smallest absolute Gasteiger partial charge is 0.265 e. The lowest BCUT2D eigenvalue weighted by molar-refractivity contribution is -0.128. The molecule has 1 saturated heterocycles. The van der Waals surface area contributed by atoms with Crippen molar-refractivity contribution in [1.82, 2.24) is 10.2 Å². The average Bonchev–Trinajstić information content (AvgIpc) is 2.66. The van der Waals surface area contributed by atoms with Crippen molar-refractivity contribution in [2.24, 2.45) is 0 Å². The van der Waals surface area contributed by atoms with Crippen molar-refractivity contribution in [3.63, 3.8) is 0 Å². The maximum Gasteiger partial charge on any atom is 0.265 e. The summed E-state index contributed by atoms with van der Waals surface area (Å²) in [6.45, 7) is 10.2. The first-order valence-corrected chi connectivity index (χ1v) is 9.67. The molecule has 2 amide bonds. The van der Waals surface area contributed by atoms with E-state index < -0.39 is 11.8 Å². The summed E-state index contributed by atoms with van der Waals surface area (Å²) >= 11 is 5.10. The molecule has 6 nitrogen and oxygen atoms in total. The minimum atomic E-state index is -0.523. The van der Waals surface area contributed by atoms with Crippen LogP contribution in [0.2, 0.25) is 0 Å². The van der Waals surface area contributed by atoms with Crippen LogP contribution < -0.4 is 15.0 Å². The second-order valence-electron chi connectivity index (χ2n) is 7.67. The number of ether oxygens (including phenoxy) is 1. The number of amides is 2. The van der Waals surface area contributed by atoms with Gasteiger partial charge in [-0.15, -0.1) is 6.58 Å². The Labute approximate surface area is 176 Å². The number of likely N-dealkylation sites (N-methyl/N-ethyl adjacent to an activating group) is 1. The summed E-state index contributed by atoms with van der Waals surface area (Å²) in [6.07, 6.45) is 5.31. The number of rotatable bonds is 4. The fraction of sp³-hybridized carbons (Fsp3) is 0.318. The molecule has 2 heterocycles. The SMILES string of the molecule is C=CCN1C(=O)/C(=C/c2cc3c(cc2OC)N(C)C(C)(C)C=C3C)C(=O)NC1=S. The van der Waals surface area contributed by atoms with E-state index >= 15 is 0 Å². The first-order chi connectivity index (χ1) is 13.6. The van der Waals surface area contributed by atoms with Crippen LogP contribution in [0.15, 0.2) is 36.4 Å². The Kier molecular flexibility index (Phi) is 5.36. The number of anilines is 1. The largest absolute Gasteiger partial charge is 0.496 e. The molecule has 2 aliphatic rings. The Morgan fingerprint density at radius 3 is 2.62 bits per heavy atom. The summed E-state index contributed by atoms with van der Waals surface area (Å²) in [7, 11) is 3.61. The molecule has 0 aromatic heterocycles. The fourth-order valence-corrected chi connectivity index (χ4v) is 3.88. The van der Waals surface area contributed by atoms with Crippen LogP contribution >= 0.6 is 12.2 Å². The maximum absolute atomic E-state index is 12.8. The quantitative estimate of drug-likeness (QED) is 0.357. The van der Waals surface area contributed by atoms with E-state index in [9.17, 15) is 9.59 Å². The molecule has 0 saturated carbocycles. The second-order valence-corrected chi connectivity index (χ2v) is 8.06. The number of benzene rings is 1. The van der Waals surface area contributed by atoms with Crippen molar-refractivity contribution in [1.29, 1.82) is 0 Å². The number of carbonyl (C=O) groups is 2. The lowest BCUT2D eigenvalue weighted by atomic mass is 9.88. The Hall–Kier alpha value is -2.93. The molecule has 1 aromatic rings. The topological polar surface area (TPSA) is 61.9 Å². The van der Waals surface area contributed by atoms with Gasteiger partial charge in [0.1, 0.15) is 11.3 Å². The number of carbonyl (C=O) groups excluding carboxylic acids is 2. The zero-order valence-electron chi connectivity index (χ0n) is 17.3. The number of allylic oxidation sites excluding steroid dienone is 1. The van der Waals surface area contributed by atoms with Crippen molar-refractivity contribution in [3.8, 4) is 5.75 Å². The number of fused-ring (bicyclic) bond motifs is 1. The lowest BCUT2D eigenvalue weighted by Crippen LogP contribution is -2.53. The molecule has 3 rings (SSSR count). The zero-order chi connectivity index (χ0) is 21.5. The van der Waals surface area contributed by atoms with Gasteiger partial charge in [0.2, 0.25) is 0 Å². The van der Waals surface area contributed by atoms with E-state index in [1.165, 1.54) is 4.90 Å². The molecule has 1 N–H and O–H groups in total. The van der Waals surface area contributed by atoms with Gasteiger partial charge in [-0.1, -0.05) is 12.2 Å². The first-order valence-electron chi connectivity index (χ1n) is 9.26. The highest BCUT2D eigenvalue weighted by Gasteiger charge is 2.34. The summed E-state index contributed by atoms with van der Waals surface area (Å²) in [4.78, 5) is 28.8. The normalized spacial score (nSPS) is 19.7. The van der Waals surface area contributed by atoms with Crippen molar-refractivity contribution in [2.45, 2.75) is 26.3 Å².